The fraction of sp³-hybridized carbons (Fsp3) is 0.833. The molecule has 5 nitrogen and oxygen atoms in total. The predicted molar refractivity (Wildman–Crippen MR) is 74.6 cm³/mol. The van der Waals surface area contributed by atoms with E-state index in [1.165, 1.54) is 0 Å². The fourth-order valence-electron chi connectivity index (χ4n) is 1.59. The van der Waals surface area contributed by atoms with Crippen molar-refractivity contribution in [1.29, 1.82) is 0 Å². The fourth-order valence-corrected chi connectivity index (χ4v) is 2.52. The van der Waals surface area contributed by atoms with Crippen molar-refractivity contribution in [2.75, 3.05) is 18.1 Å². The first-order valence-corrected chi connectivity index (χ1v) is 7.38. The summed E-state index contributed by atoms with van der Waals surface area (Å²) in [5, 5.41) is 8.74. The van der Waals surface area contributed by atoms with Gasteiger partial charge in [0.25, 0.3) is 0 Å². The van der Waals surface area contributed by atoms with E-state index in [9.17, 15) is 9.59 Å². The van der Waals surface area contributed by atoms with Gasteiger partial charge in [-0.05, 0) is 27.7 Å². The second kappa shape index (κ2) is 6.43. The predicted octanol–water partition coefficient (Wildman–Crippen LogP) is 0.111. The molecule has 0 aromatic heterocycles. The second-order valence-corrected chi connectivity index (χ2v) is 6.70. The first kappa shape index (κ1) is 15.3. The minimum atomic E-state index is -0.509. The van der Waals surface area contributed by atoms with Gasteiger partial charge in [-0.2, -0.15) is 11.8 Å². The van der Waals surface area contributed by atoms with E-state index in [1.54, 1.807) is 18.7 Å². The van der Waals surface area contributed by atoms with E-state index in [-0.39, 0.29) is 23.4 Å². The molecule has 1 saturated heterocycles. The van der Waals surface area contributed by atoms with Crippen LogP contribution in [0.15, 0.2) is 0 Å². The Morgan fingerprint density at radius 1 is 1.39 bits per heavy atom. The van der Waals surface area contributed by atoms with Gasteiger partial charge < -0.3 is 16.0 Å². The molecule has 1 heterocycles. The Morgan fingerprint density at radius 3 is 2.56 bits per heavy atom. The molecule has 1 aliphatic rings. The summed E-state index contributed by atoms with van der Waals surface area (Å²) in [6.45, 7) is 8.29. The van der Waals surface area contributed by atoms with E-state index >= 15 is 0 Å². The van der Waals surface area contributed by atoms with Crippen LogP contribution in [0.2, 0.25) is 0 Å². The molecular weight excluding hydrogens is 250 g/mol. The molecule has 1 fully saturated rings. The standard InChI is InChI=1S/C12H23N3O2S/c1-8(10(16)15-12(2,3)4)14-11(17)9-7-18-6-5-13-9/h8-9,13H,5-7H2,1-4H3,(H,14,17)(H,15,16). The highest BCUT2D eigenvalue weighted by Gasteiger charge is 2.25. The smallest absolute Gasteiger partial charge is 0.242 e. The molecule has 0 aromatic carbocycles. The molecule has 2 unspecified atom stereocenters. The lowest BCUT2D eigenvalue weighted by Crippen LogP contribution is -2.56. The van der Waals surface area contributed by atoms with Crippen LogP contribution in [0.5, 0.6) is 0 Å². The normalized spacial score (nSPS) is 22.1. The van der Waals surface area contributed by atoms with Crippen molar-refractivity contribution in [3.05, 3.63) is 0 Å². The maximum absolute atomic E-state index is 11.9. The van der Waals surface area contributed by atoms with E-state index in [0.29, 0.717) is 0 Å². The zero-order valence-corrected chi connectivity index (χ0v) is 12.3. The lowest BCUT2D eigenvalue weighted by atomic mass is 10.1. The van der Waals surface area contributed by atoms with Gasteiger partial charge >= 0.3 is 0 Å². The van der Waals surface area contributed by atoms with E-state index < -0.39 is 6.04 Å². The highest BCUT2D eigenvalue weighted by atomic mass is 32.2. The van der Waals surface area contributed by atoms with Crippen LogP contribution in [-0.2, 0) is 9.59 Å². The Labute approximate surface area is 113 Å². The van der Waals surface area contributed by atoms with Crippen LogP contribution in [0.25, 0.3) is 0 Å². The largest absolute Gasteiger partial charge is 0.350 e. The van der Waals surface area contributed by atoms with Crippen molar-refractivity contribution in [3.63, 3.8) is 0 Å². The Kier molecular flexibility index (Phi) is 5.47. The van der Waals surface area contributed by atoms with Gasteiger partial charge in [0.15, 0.2) is 0 Å². The summed E-state index contributed by atoms with van der Waals surface area (Å²) in [5.41, 5.74) is -0.283. The minimum Gasteiger partial charge on any atom is -0.350 e. The van der Waals surface area contributed by atoms with Crippen LogP contribution in [0.1, 0.15) is 27.7 Å². The van der Waals surface area contributed by atoms with Crippen molar-refractivity contribution >= 4 is 23.6 Å². The van der Waals surface area contributed by atoms with Crippen molar-refractivity contribution in [2.24, 2.45) is 0 Å². The summed E-state index contributed by atoms with van der Waals surface area (Å²) in [4.78, 5) is 23.7. The highest BCUT2D eigenvalue weighted by molar-refractivity contribution is 7.99. The van der Waals surface area contributed by atoms with Gasteiger partial charge in [-0.25, -0.2) is 0 Å². The molecule has 0 radical (unpaired) electrons. The number of thioether (sulfide) groups is 1. The average Bonchev–Trinajstić information content (AvgIpc) is 2.27. The van der Waals surface area contributed by atoms with Crippen LogP contribution in [0.4, 0.5) is 0 Å². The third-order valence-corrected chi connectivity index (χ3v) is 3.55. The summed E-state index contributed by atoms with van der Waals surface area (Å²) in [6.07, 6.45) is 0. The molecule has 104 valence electrons. The van der Waals surface area contributed by atoms with E-state index in [1.807, 2.05) is 20.8 Å². The molecule has 0 spiro atoms. The van der Waals surface area contributed by atoms with Crippen molar-refractivity contribution in [3.8, 4) is 0 Å². The topological polar surface area (TPSA) is 70.2 Å². The zero-order chi connectivity index (χ0) is 13.8. The maximum atomic E-state index is 11.9. The number of amides is 2. The lowest BCUT2D eigenvalue weighted by Gasteiger charge is -2.26. The first-order valence-electron chi connectivity index (χ1n) is 6.23. The molecule has 0 bridgehead atoms. The molecule has 6 heteroatoms. The van der Waals surface area contributed by atoms with E-state index in [4.69, 9.17) is 0 Å². The molecule has 2 amide bonds. The maximum Gasteiger partial charge on any atom is 0.242 e. The lowest BCUT2D eigenvalue weighted by molar-refractivity contribution is -0.130. The molecule has 2 atom stereocenters. The van der Waals surface area contributed by atoms with Crippen LogP contribution >= 0.6 is 11.8 Å². The number of nitrogens with one attached hydrogen (secondary N) is 3. The van der Waals surface area contributed by atoms with Gasteiger partial charge in [0, 0.05) is 23.6 Å². The van der Waals surface area contributed by atoms with Gasteiger partial charge in [-0.1, -0.05) is 0 Å². The third kappa shape index (κ3) is 5.27. The minimum absolute atomic E-state index is 0.0984. The summed E-state index contributed by atoms with van der Waals surface area (Å²) < 4.78 is 0. The number of hydrogen-bond acceptors (Lipinski definition) is 4. The van der Waals surface area contributed by atoms with E-state index in [0.717, 1.165) is 18.1 Å². The van der Waals surface area contributed by atoms with Crippen LogP contribution in [0, 0.1) is 0 Å². The first-order chi connectivity index (χ1) is 8.29. The SMILES string of the molecule is CC(NC(=O)C1CSCCN1)C(=O)NC(C)(C)C. The Hall–Kier alpha value is -0.750. The zero-order valence-electron chi connectivity index (χ0n) is 11.5. The molecule has 18 heavy (non-hydrogen) atoms. The van der Waals surface area contributed by atoms with Crippen molar-refractivity contribution < 1.29 is 9.59 Å². The van der Waals surface area contributed by atoms with Crippen molar-refractivity contribution in [1.82, 2.24) is 16.0 Å². The molecule has 3 N–H and O–H groups in total. The van der Waals surface area contributed by atoms with Gasteiger partial charge in [0.1, 0.15) is 6.04 Å². The molecule has 1 aliphatic heterocycles. The van der Waals surface area contributed by atoms with E-state index in [2.05, 4.69) is 16.0 Å². The summed E-state index contributed by atoms with van der Waals surface area (Å²) in [6, 6.07) is -0.695. The summed E-state index contributed by atoms with van der Waals surface area (Å²) >= 11 is 1.75. The number of carbonyl (C=O) groups is 2. The highest BCUT2D eigenvalue weighted by Crippen LogP contribution is 2.07. The molecule has 0 aliphatic carbocycles. The van der Waals surface area contributed by atoms with Gasteiger partial charge in [-0.3, -0.25) is 9.59 Å². The Morgan fingerprint density at radius 2 is 2.06 bits per heavy atom. The summed E-state index contributed by atoms with van der Waals surface area (Å²) in [7, 11) is 0. The van der Waals surface area contributed by atoms with Gasteiger partial charge in [0.05, 0.1) is 6.04 Å². The van der Waals surface area contributed by atoms with Crippen LogP contribution < -0.4 is 16.0 Å². The van der Waals surface area contributed by atoms with Gasteiger partial charge in [0.2, 0.25) is 11.8 Å². The Bertz CT molecular complexity index is 309. The average molecular weight is 273 g/mol. The third-order valence-electron chi connectivity index (χ3n) is 2.49. The Balaban J connectivity index is 2.41. The second-order valence-electron chi connectivity index (χ2n) is 5.55. The molecule has 1 rings (SSSR count). The number of hydrogen-bond donors (Lipinski definition) is 3. The molecule has 0 saturated carbocycles. The number of rotatable bonds is 3. The van der Waals surface area contributed by atoms with Gasteiger partial charge in [-0.15, -0.1) is 0 Å². The summed E-state index contributed by atoms with van der Waals surface area (Å²) in [5.74, 6) is 1.54. The monoisotopic (exact) mass is 273 g/mol. The molecular formula is C12H23N3O2S. The van der Waals surface area contributed by atoms with Crippen molar-refractivity contribution in [2.45, 2.75) is 45.3 Å². The number of carbonyl (C=O) groups excluding carboxylic acids is 2. The molecule has 0 aromatic rings. The van der Waals surface area contributed by atoms with Crippen LogP contribution in [0.3, 0.4) is 0 Å². The van der Waals surface area contributed by atoms with Crippen LogP contribution in [-0.4, -0.2) is 47.5 Å². The quantitative estimate of drug-likeness (QED) is 0.683.